The van der Waals surface area contributed by atoms with Crippen LogP contribution in [0.3, 0.4) is 0 Å². The van der Waals surface area contributed by atoms with Crippen molar-refractivity contribution < 1.29 is 0 Å². The number of nitrogens with one attached hydrogen (secondary N) is 1. The fraction of sp³-hybridized carbons (Fsp3) is 0.353. The van der Waals surface area contributed by atoms with Crippen LogP contribution in [-0.2, 0) is 6.54 Å². The maximum Gasteiger partial charge on any atom is 0.0312 e. The van der Waals surface area contributed by atoms with Crippen LogP contribution in [0.25, 0.3) is 0 Å². The SMILES string of the molecule is CC(C)c1ccc(C(C)NCc2cccnc2)cc1. The van der Waals surface area contributed by atoms with E-state index in [1.165, 1.54) is 16.7 Å². The Labute approximate surface area is 115 Å². The number of rotatable bonds is 5. The van der Waals surface area contributed by atoms with E-state index in [-0.39, 0.29) is 0 Å². The lowest BCUT2D eigenvalue weighted by atomic mass is 9.99. The van der Waals surface area contributed by atoms with Crippen molar-refractivity contribution >= 4 is 0 Å². The number of nitrogens with zero attached hydrogens (tertiary/aromatic N) is 1. The molecule has 0 radical (unpaired) electrons. The lowest BCUT2D eigenvalue weighted by Crippen LogP contribution is -2.18. The molecule has 0 amide bonds. The molecule has 1 aromatic heterocycles. The predicted molar refractivity (Wildman–Crippen MR) is 80.0 cm³/mol. The summed E-state index contributed by atoms with van der Waals surface area (Å²) in [6.07, 6.45) is 3.71. The molecule has 0 aliphatic carbocycles. The summed E-state index contributed by atoms with van der Waals surface area (Å²) in [5, 5.41) is 3.52. The zero-order valence-electron chi connectivity index (χ0n) is 11.9. The van der Waals surface area contributed by atoms with Crippen LogP contribution in [-0.4, -0.2) is 4.98 Å². The Balaban J connectivity index is 1.94. The first kappa shape index (κ1) is 13.8. The van der Waals surface area contributed by atoms with Crippen LogP contribution in [0.2, 0.25) is 0 Å². The van der Waals surface area contributed by atoms with Crippen LogP contribution in [0, 0.1) is 0 Å². The van der Waals surface area contributed by atoms with Gasteiger partial charge in [0, 0.05) is 25.0 Å². The van der Waals surface area contributed by atoms with Gasteiger partial charge < -0.3 is 5.32 Å². The first-order valence-electron chi connectivity index (χ1n) is 6.89. The van der Waals surface area contributed by atoms with Gasteiger partial charge in [0.15, 0.2) is 0 Å². The van der Waals surface area contributed by atoms with Crippen LogP contribution in [0.5, 0.6) is 0 Å². The summed E-state index contributed by atoms with van der Waals surface area (Å²) in [4.78, 5) is 4.13. The molecule has 0 fully saturated rings. The Morgan fingerprint density at radius 1 is 1.00 bits per heavy atom. The molecular weight excluding hydrogens is 232 g/mol. The standard InChI is InChI=1S/C17H22N2/c1-13(2)16-6-8-17(9-7-16)14(3)19-12-15-5-4-10-18-11-15/h4-11,13-14,19H,12H2,1-3H3. The summed E-state index contributed by atoms with van der Waals surface area (Å²) < 4.78 is 0. The van der Waals surface area contributed by atoms with E-state index < -0.39 is 0 Å². The van der Waals surface area contributed by atoms with Gasteiger partial charge in [0.2, 0.25) is 0 Å². The van der Waals surface area contributed by atoms with Crippen molar-refractivity contribution in [3.05, 3.63) is 65.5 Å². The average Bonchev–Trinajstić information content (AvgIpc) is 2.46. The molecule has 1 unspecified atom stereocenters. The molecular formula is C17H22N2. The Kier molecular flexibility index (Phi) is 4.69. The van der Waals surface area contributed by atoms with E-state index in [1.807, 2.05) is 12.3 Å². The quantitative estimate of drug-likeness (QED) is 0.870. The predicted octanol–water partition coefficient (Wildman–Crippen LogP) is 4.06. The fourth-order valence-electron chi connectivity index (χ4n) is 2.06. The third-order valence-electron chi connectivity index (χ3n) is 3.44. The fourth-order valence-corrected chi connectivity index (χ4v) is 2.06. The Bertz CT molecular complexity index is 488. The maximum absolute atomic E-state index is 4.13. The molecule has 0 aliphatic heterocycles. The molecule has 2 nitrogen and oxygen atoms in total. The van der Waals surface area contributed by atoms with Gasteiger partial charge in [-0.05, 0) is 35.6 Å². The van der Waals surface area contributed by atoms with Gasteiger partial charge in [-0.1, -0.05) is 44.2 Å². The van der Waals surface area contributed by atoms with Gasteiger partial charge in [0.1, 0.15) is 0 Å². The van der Waals surface area contributed by atoms with E-state index in [9.17, 15) is 0 Å². The molecule has 1 N–H and O–H groups in total. The summed E-state index contributed by atoms with van der Waals surface area (Å²) in [6.45, 7) is 7.49. The van der Waals surface area contributed by atoms with Crippen LogP contribution in [0.4, 0.5) is 0 Å². The highest BCUT2D eigenvalue weighted by atomic mass is 14.9. The third-order valence-corrected chi connectivity index (χ3v) is 3.44. The van der Waals surface area contributed by atoms with Gasteiger partial charge in [-0.25, -0.2) is 0 Å². The topological polar surface area (TPSA) is 24.9 Å². The molecule has 1 atom stereocenters. The van der Waals surface area contributed by atoms with E-state index >= 15 is 0 Å². The van der Waals surface area contributed by atoms with Gasteiger partial charge in [-0.3, -0.25) is 4.98 Å². The molecule has 2 aromatic rings. The second kappa shape index (κ2) is 6.48. The highest BCUT2D eigenvalue weighted by Crippen LogP contribution is 2.18. The normalized spacial score (nSPS) is 12.6. The van der Waals surface area contributed by atoms with Crippen molar-refractivity contribution in [3.8, 4) is 0 Å². The third kappa shape index (κ3) is 3.90. The van der Waals surface area contributed by atoms with Crippen LogP contribution < -0.4 is 5.32 Å². The highest BCUT2D eigenvalue weighted by molar-refractivity contribution is 5.26. The Morgan fingerprint density at radius 2 is 1.68 bits per heavy atom. The van der Waals surface area contributed by atoms with Crippen molar-refractivity contribution in [2.75, 3.05) is 0 Å². The summed E-state index contributed by atoms with van der Waals surface area (Å²) in [5.74, 6) is 0.590. The minimum absolute atomic E-state index is 0.349. The summed E-state index contributed by atoms with van der Waals surface area (Å²) >= 11 is 0. The summed E-state index contributed by atoms with van der Waals surface area (Å²) in [7, 11) is 0. The monoisotopic (exact) mass is 254 g/mol. The molecule has 0 saturated heterocycles. The van der Waals surface area contributed by atoms with Gasteiger partial charge in [0.25, 0.3) is 0 Å². The number of hydrogen-bond donors (Lipinski definition) is 1. The molecule has 1 aromatic carbocycles. The van der Waals surface area contributed by atoms with Gasteiger partial charge in [-0.2, -0.15) is 0 Å². The van der Waals surface area contributed by atoms with E-state index in [1.54, 1.807) is 6.20 Å². The number of hydrogen-bond acceptors (Lipinski definition) is 2. The van der Waals surface area contributed by atoms with E-state index in [0.29, 0.717) is 12.0 Å². The minimum atomic E-state index is 0.349. The molecule has 2 heteroatoms. The first-order chi connectivity index (χ1) is 9.16. The maximum atomic E-state index is 4.13. The van der Waals surface area contributed by atoms with Crippen molar-refractivity contribution in [2.24, 2.45) is 0 Å². The second-order valence-electron chi connectivity index (χ2n) is 5.29. The van der Waals surface area contributed by atoms with Gasteiger partial charge >= 0.3 is 0 Å². The Morgan fingerprint density at radius 3 is 2.26 bits per heavy atom. The van der Waals surface area contributed by atoms with Crippen molar-refractivity contribution in [2.45, 2.75) is 39.3 Å². The smallest absolute Gasteiger partial charge is 0.0312 e. The molecule has 0 spiro atoms. The Hall–Kier alpha value is -1.67. The van der Waals surface area contributed by atoms with Crippen LogP contribution in [0.15, 0.2) is 48.8 Å². The van der Waals surface area contributed by atoms with Crippen molar-refractivity contribution in [1.29, 1.82) is 0 Å². The number of aromatic nitrogens is 1. The second-order valence-corrected chi connectivity index (χ2v) is 5.29. The molecule has 0 bridgehead atoms. The molecule has 100 valence electrons. The van der Waals surface area contributed by atoms with Crippen molar-refractivity contribution in [1.82, 2.24) is 10.3 Å². The largest absolute Gasteiger partial charge is 0.306 e. The lowest BCUT2D eigenvalue weighted by molar-refractivity contribution is 0.573. The van der Waals surface area contributed by atoms with Gasteiger partial charge in [0.05, 0.1) is 0 Å². The van der Waals surface area contributed by atoms with E-state index in [4.69, 9.17) is 0 Å². The zero-order valence-corrected chi connectivity index (χ0v) is 11.9. The van der Waals surface area contributed by atoms with Crippen LogP contribution in [0.1, 0.15) is 49.4 Å². The summed E-state index contributed by atoms with van der Waals surface area (Å²) in [6, 6.07) is 13.3. The van der Waals surface area contributed by atoms with Crippen LogP contribution >= 0.6 is 0 Å². The molecule has 0 aliphatic rings. The minimum Gasteiger partial charge on any atom is -0.306 e. The van der Waals surface area contributed by atoms with Crippen molar-refractivity contribution in [3.63, 3.8) is 0 Å². The molecule has 1 heterocycles. The number of pyridine rings is 1. The summed E-state index contributed by atoms with van der Waals surface area (Å²) in [5.41, 5.74) is 3.93. The molecule has 2 rings (SSSR count). The molecule has 0 saturated carbocycles. The van der Waals surface area contributed by atoms with E-state index in [2.05, 4.69) is 61.4 Å². The lowest BCUT2D eigenvalue weighted by Gasteiger charge is -2.15. The number of benzene rings is 1. The average molecular weight is 254 g/mol. The van der Waals surface area contributed by atoms with Gasteiger partial charge in [-0.15, -0.1) is 0 Å². The van der Waals surface area contributed by atoms with E-state index in [0.717, 1.165) is 6.54 Å². The molecule has 19 heavy (non-hydrogen) atoms. The first-order valence-corrected chi connectivity index (χ1v) is 6.89. The highest BCUT2D eigenvalue weighted by Gasteiger charge is 2.05. The zero-order chi connectivity index (χ0) is 13.7.